The van der Waals surface area contributed by atoms with Gasteiger partial charge < -0.3 is 10.6 Å². The van der Waals surface area contributed by atoms with E-state index < -0.39 is 0 Å². The Kier molecular flexibility index (Phi) is 6.31. The number of hydrogen-bond acceptors (Lipinski definition) is 3. The number of likely N-dealkylation sites (N-methyl/N-ethyl adjacent to an activating group) is 1. The Labute approximate surface area is 149 Å². The number of aryl methyl sites for hydroxylation is 3. The number of nitrogens with zero attached hydrogens (tertiary/aromatic N) is 1. The van der Waals surface area contributed by atoms with Crippen LogP contribution < -0.4 is 10.6 Å². The average molecular weight is 339 g/mol. The lowest BCUT2D eigenvalue weighted by Crippen LogP contribution is -2.36. The summed E-state index contributed by atoms with van der Waals surface area (Å²) >= 11 is 0. The SMILES string of the molecule is Cc1ccc(NC(=O)CN(C)CC(=O)Nc2c(C)cccc2C)cc1. The lowest BCUT2D eigenvalue weighted by atomic mass is 10.1. The van der Waals surface area contributed by atoms with Crippen LogP contribution in [0.2, 0.25) is 0 Å². The predicted octanol–water partition coefficient (Wildman–Crippen LogP) is 3.12. The molecule has 0 spiro atoms. The van der Waals surface area contributed by atoms with E-state index in [1.807, 2.05) is 63.2 Å². The molecular formula is C20H25N3O2. The van der Waals surface area contributed by atoms with Crippen LogP contribution in [0.15, 0.2) is 42.5 Å². The fourth-order valence-electron chi connectivity index (χ4n) is 2.57. The summed E-state index contributed by atoms with van der Waals surface area (Å²) in [6.45, 7) is 6.21. The van der Waals surface area contributed by atoms with Gasteiger partial charge in [-0.15, -0.1) is 0 Å². The Balaban J connectivity index is 1.84. The van der Waals surface area contributed by atoms with Gasteiger partial charge in [0, 0.05) is 11.4 Å². The van der Waals surface area contributed by atoms with E-state index in [9.17, 15) is 9.59 Å². The van der Waals surface area contributed by atoms with Gasteiger partial charge in [-0.1, -0.05) is 35.9 Å². The number of nitrogens with one attached hydrogen (secondary N) is 2. The van der Waals surface area contributed by atoms with E-state index in [4.69, 9.17) is 0 Å². The van der Waals surface area contributed by atoms with Crippen molar-refractivity contribution in [3.05, 3.63) is 59.2 Å². The molecule has 0 radical (unpaired) electrons. The summed E-state index contributed by atoms with van der Waals surface area (Å²) in [5.41, 5.74) is 4.77. The number of carbonyl (C=O) groups excluding carboxylic acids is 2. The van der Waals surface area contributed by atoms with Gasteiger partial charge in [0.25, 0.3) is 0 Å². The third-order valence-electron chi connectivity index (χ3n) is 3.91. The van der Waals surface area contributed by atoms with Crippen LogP contribution in [-0.4, -0.2) is 36.9 Å². The van der Waals surface area contributed by atoms with Crippen LogP contribution in [0.5, 0.6) is 0 Å². The molecule has 0 saturated heterocycles. The first kappa shape index (κ1) is 18.7. The van der Waals surface area contributed by atoms with E-state index in [-0.39, 0.29) is 24.9 Å². The minimum atomic E-state index is -0.147. The van der Waals surface area contributed by atoms with E-state index in [1.165, 1.54) is 0 Å². The van der Waals surface area contributed by atoms with Gasteiger partial charge in [0.1, 0.15) is 0 Å². The van der Waals surface area contributed by atoms with Crippen LogP contribution in [0.1, 0.15) is 16.7 Å². The van der Waals surface area contributed by atoms with Crippen LogP contribution in [-0.2, 0) is 9.59 Å². The van der Waals surface area contributed by atoms with Crippen molar-refractivity contribution in [2.45, 2.75) is 20.8 Å². The molecule has 5 nitrogen and oxygen atoms in total. The van der Waals surface area contributed by atoms with Gasteiger partial charge in [0.15, 0.2) is 0 Å². The van der Waals surface area contributed by atoms with Gasteiger partial charge in [-0.05, 0) is 51.1 Å². The molecule has 0 fully saturated rings. The van der Waals surface area contributed by atoms with E-state index in [0.717, 1.165) is 28.1 Å². The Morgan fingerprint density at radius 2 is 1.36 bits per heavy atom. The highest BCUT2D eigenvalue weighted by Gasteiger charge is 2.12. The second kappa shape index (κ2) is 8.44. The van der Waals surface area contributed by atoms with E-state index in [0.29, 0.717) is 0 Å². The molecule has 0 bridgehead atoms. The number of hydrogen-bond donors (Lipinski definition) is 2. The molecule has 2 aromatic carbocycles. The molecule has 132 valence electrons. The average Bonchev–Trinajstić information content (AvgIpc) is 2.53. The minimum absolute atomic E-state index is 0.136. The number of amides is 2. The van der Waals surface area contributed by atoms with Crippen molar-refractivity contribution in [2.75, 3.05) is 30.8 Å². The van der Waals surface area contributed by atoms with Crippen molar-refractivity contribution in [3.63, 3.8) is 0 Å². The van der Waals surface area contributed by atoms with E-state index >= 15 is 0 Å². The Morgan fingerprint density at radius 1 is 0.840 bits per heavy atom. The second-order valence-corrected chi connectivity index (χ2v) is 6.40. The first-order chi connectivity index (χ1) is 11.8. The number of para-hydroxylation sites is 1. The highest BCUT2D eigenvalue weighted by molar-refractivity contribution is 5.95. The van der Waals surface area contributed by atoms with Gasteiger partial charge in [-0.3, -0.25) is 14.5 Å². The van der Waals surface area contributed by atoms with Crippen molar-refractivity contribution in [1.29, 1.82) is 0 Å². The van der Waals surface area contributed by atoms with Crippen molar-refractivity contribution in [2.24, 2.45) is 0 Å². The third kappa shape index (κ3) is 5.72. The molecular weight excluding hydrogens is 314 g/mol. The summed E-state index contributed by atoms with van der Waals surface area (Å²) < 4.78 is 0. The zero-order chi connectivity index (χ0) is 18.4. The largest absolute Gasteiger partial charge is 0.325 e. The van der Waals surface area contributed by atoms with E-state index in [2.05, 4.69) is 10.6 Å². The lowest BCUT2D eigenvalue weighted by Gasteiger charge is -2.17. The Bertz CT molecular complexity index is 734. The maximum atomic E-state index is 12.2. The van der Waals surface area contributed by atoms with Gasteiger partial charge in [0.2, 0.25) is 11.8 Å². The molecule has 0 atom stereocenters. The predicted molar refractivity (Wildman–Crippen MR) is 102 cm³/mol. The monoisotopic (exact) mass is 339 g/mol. The third-order valence-corrected chi connectivity index (χ3v) is 3.91. The zero-order valence-electron chi connectivity index (χ0n) is 15.2. The molecule has 2 aromatic rings. The highest BCUT2D eigenvalue weighted by atomic mass is 16.2. The normalized spacial score (nSPS) is 10.6. The minimum Gasteiger partial charge on any atom is -0.325 e. The lowest BCUT2D eigenvalue weighted by molar-refractivity contribution is -0.119. The molecule has 0 aliphatic rings. The van der Waals surface area contributed by atoms with Crippen LogP contribution in [0.25, 0.3) is 0 Å². The van der Waals surface area contributed by atoms with Gasteiger partial charge in [-0.25, -0.2) is 0 Å². The molecule has 0 unspecified atom stereocenters. The first-order valence-corrected chi connectivity index (χ1v) is 8.26. The zero-order valence-corrected chi connectivity index (χ0v) is 15.2. The summed E-state index contributed by atoms with van der Waals surface area (Å²) in [6.07, 6.45) is 0. The molecule has 0 aliphatic carbocycles. The number of rotatable bonds is 6. The molecule has 2 N–H and O–H groups in total. The summed E-state index contributed by atoms with van der Waals surface area (Å²) in [5, 5.41) is 5.76. The summed E-state index contributed by atoms with van der Waals surface area (Å²) in [5.74, 6) is -0.283. The van der Waals surface area contributed by atoms with Crippen molar-refractivity contribution < 1.29 is 9.59 Å². The molecule has 25 heavy (non-hydrogen) atoms. The fourth-order valence-corrected chi connectivity index (χ4v) is 2.57. The molecule has 0 heterocycles. The van der Waals surface area contributed by atoms with Crippen LogP contribution in [0.4, 0.5) is 11.4 Å². The standard InChI is InChI=1S/C20H25N3O2/c1-14-8-10-17(11-9-14)21-18(24)12-23(4)13-19(25)22-20-15(2)6-5-7-16(20)3/h5-11H,12-13H2,1-4H3,(H,21,24)(H,22,25). The number of carbonyl (C=O) groups is 2. The maximum absolute atomic E-state index is 12.2. The van der Waals surface area contributed by atoms with E-state index in [1.54, 1.807) is 11.9 Å². The van der Waals surface area contributed by atoms with Crippen LogP contribution >= 0.6 is 0 Å². The molecule has 5 heteroatoms. The highest BCUT2D eigenvalue weighted by Crippen LogP contribution is 2.19. The molecule has 0 aliphatic heterocycles. The van der Waals surface area contributed by atoms with Crippen molar-refractivity contribution >= 4 is 23.2 Å². The smallest absolute Gasteiger partial charge is 0.238 e. The summed E-state index contributed by atoms with van der Waals surface area (Å²) in [6, 6.07) is 13.5. The Morgan fingerprint density at radius 3 is 1.92 bits per heavy atom. The van der Waals surface area contributed by atoms with Crippen LogP contribution in [0.3, 0.4) is 0 Å². The summed E-state index contributed by atoms with van der Waals surface area (Å²) in [7, 11) is 1.75. The van der Waals surface area contributed by atoms with Gasteiger partial charge in [-0.2, -0.15) is 0 Å². The second-order valence-electron chi connectivity index (χ2n) is 6.40. The quantitative estimate of drug-likeness (QED) is 0.850. The van der Waals surface area contributed by atoms with Crippen molar-refractivity contribution in [1.82, 2.24) is 4.90 Å². The van der Waals surface area contributed by atoms with Crippen molar-refractivity contribution in [3.8, 4) is 0 Å². The molecule has 0 saturated carbocycles. The number of anilines is 2. The first-order valence-electron chi connectivity index (χ1n) is 8.26. The molecule has 2 rings (SSSR count). The summed E-state index contributed by atoms with van der Waals surface area (Å²) in [4.78, 5) is 26.0. The maximum Gasteiger partial charge on any atom is 0.238 e. The van der Waals surface area contributed by atoms with Gasteiger partial charge in [0.05, 0.1) is 13.1 Å². The molecule has 0 aromatic heterocycles. The van der Waals surface area contributed by atoms with Gasteiger partial charge >= 0.3 is 0 Å². The fraction of sp³-hybridized carbons (Fsp3) is 0.300. The molecule has 2 amide bonds. The Hall–Kier alpha value is -2.66. The van der Waals surface area contributed by atoms with Crippen LogP contribution in [0, 0.1) is 20.8 Å². The topological polar surface area (TPSA) is 61.4 Å². The number of benzene rings is 2.